The van der Waals surface area contributed by atoms with Crippen LogP contribution in [-0.4, -0.2) is 16.8 Å². The Kier molecular flexibility index (Phi) is 3.34. The van der Waals surface area contributed by atoms with Crippen molar-refractivity contribution in [2.75, 3.05) is 0 Å². The van der Waals surface area contributed by atoms with Gasteiger partial charge in [0.2, 0.25) is 0 Å². The Balaban J connectivity index is 2.86. The number of carboxylic acids is 1. The SMILES string of the molecule is CC(CC(=O)O)=Nc1ccccc1F. The van der Waals surface area contributed by atoms with Gasteiger partial charge in [0.25, 0.3) is 0 Å². The molecule has 0 aliphatic rings. The Hall–Kier alpha value is -1.71. The molecule has 0 heterocycles. The van der Waals surface area contributed by atoms with E-state index in [1.807, 2.05) is 0 Å². The third-order valence-corrected chi connectivity index (χ3v) is 1.57. The molecule has 3 nitrogen and oxygen atoms in total. The first-order valence-corrected chi connectivity index (χ1v) is 4.10. The summed E-state index contributed by atoms with van der Waals surface area (Å²) in [5.74, 6) is -1.42. The number of aliphatic imine (C=N–C) groups is 1. The third kappa shape index (κ3) is 2.97. The normalized spacial score (nSPS) is 11.4. The van der Waals surface area contributed by atoms with Crippen molar-refractivity contribution in [2.24, 2.45) is 4.99 Å². The van der Waals surface area contributed by atoms with Gasteiger partial charge < -0.3 is 5.11 Å². The Morgan fingerprint density at radius 3 is 2.71 bits per heavy atom. The number of hydrogen-bond acceptors (Lipinski definition) is 2. The molecule has 0 radical (unpaired) electrons. The van der Waals surface area contributed by atoms with Crippen molar-refractivity contribution in [3.05, 3.63) is 30.1 Å². The molecule has 0 atom stereocenters. The molecule has 1 rings (SSSR count). The van der Waals surface area contributed by atoms with Crippen LogP contribution < -0.4 is 0 Å². The molecule has 0 aromatic heterocycles. The van der Waals surface area contributed by atoms with Gasteiger partial charge in [-0.2, -0.15) is 0 Å². The highest BCUT2D eigenvalue weighted by Gasteiger charge is 2.02. The topological polar surface area (TPSA) is 49.7 Å². The number of nitrogens with zero attached hydrogens (tertiary/aromatic N) is 1. The minimum absolute atomic E-state index is 0.172. The van der Waals surface area contributed by atoms with Gasteiger partial charge in [0.05, 0.1) is 12.1 Å². The first-order chi connectivity index (χ1) is 6.59. The van der Waals surface area contributed by atoms with Crippen LogP contribution in [0.4, 0.5) is 10.1 Å². The third-order valence-electron chi connectivity index (χ3n) is 1.57. The largest absolute Gasteiger partial charge is 0.481 e. The molecule has 1 aromatic carbocycles. The lowest BCUT2D eigenvalue weighted by Gasteiger charge is -1.98. The first-order valence-electron chi connectivity index (χ1n) is 4.10. The second-order valence-electron chi connectivity index (χ2n) is 2.87. The number of hydrogen-bond donors (Lipinski definition) is 1. The van der Waals surface area contributed by atoms with E-state index in [2.05, 4.69) is 4.99 Å². The van der Waals surface area contributed by atoms with Gasteiger partial charge in [0, 0.05) is 5.71 Å². The molecule has 0 saturated carbocycles. The van der Waals surface area contributed by atoms with Crippen molar-refractivity contribution >= 4 is 17.4 Å². The van der Waals surface area contributed by atoms with Gasteiger partial charge in [-0.15, -0.1) is 0 Å². The maximum Gasteiger partial charge on any atom is 0.309 e. The highest BCUT2D eigenvalue weighted by atomic mass is 19.1. The number of carbonyl (C=O) groups is 1. The van der Waals surface area contributed by atoms with Crippen molar-refractivity contribution in [3.8, 4) is 0 Å². The molecular weight excluding hydrogens is 185 g/mol. The zero-order valence-electron chi connectivity index (χ0n) is 7.70. The van der Waals surface area contributed by atoms with E-state index >= 15 is 0 Å². The minimum atomic E-state index is -0.970. The maximum absolute atomic E-state index is 13.0. The van der Waals surface area contributed by atoms with Crippen LogP contribution in [0.1, 0.15) is 13.3 Å². The molecular formula is C10H10FNO2. The lowest BCUT2D eigenvalue weighted by Crippen LogP contribution is -2.02. The predicted octanol–water partition coefficient (Wildman–Crippen LogP) is 2.39. The van der Waals surface area contributed by atoms with E-state index in [1.54, 1.807) is 19.1 Å². The fraction of sp³-hybridized carbons (Fsp3) is 0.200. The van der Waals surface area contributed by atoms with Gasteiger partial charge >= 0.3 is 5.97 Å². The monoisotopic (exact) mass is 195 g/mol. The van der Waals surface area contributed by atoms with Crippen LogP contribution in [0.25, 0.3) is 0 Å². The van der Waals surface area contributed by atoms with Crippen molar-refractivity contribution in [2.45, 2.75) is 13.3 Å². The number of carboxylic acid groups (broad SMARTS) is 1. The van der Waals surface area contributed by atoms with Gasteiger partial charge in [0.15, 0.2) is 0 Å². The summed E-state index contributed by atoms with van der Waals surface area (Å²) in [6, 6.07) is 5.99. The van der Waals surface area contributed by atoms with Gasteiger partial charge in [-0.1, -0.05) is 12.1 Å². The van der Waals surface area contributed by atoms with Gasteiger partial charge in [0.1, 0.15) is 5.82 Å². The zero-order valence-corrected chi connectivity index (χ0v) is 7.70. The fourth-order valence-electron chi connectivity index (χ4n) is 1.01. The molecule has 4 heteroatoms. The number of para-hydroxylation sites is 1. The molecule has 0 aliphatic heterocycles. The zero-order chi connectivity index (χ0) is 10.6. The van der Waals surface area contributed by atoms with Crippen LogP contribution in [0.3, 0.4) is 0 Å². The van der Waals surface area contributed by atoms with E-state index in [0.717, 1.165) is 0 Å². The highest BCUT2D eigenvalue weighted by Crippen LogP contribution is 2.16. The molecule has 0 amide bonds. The molecule has 0 spiro atoms. The minimum Gasteiger partial charge on any atom is -0.481 e. The summed E-state index contributed by atoms with van der Waals surface area (Å²) in [5.41, 5.74) is 0.550. The molecule has 14 heavy (non-hydrogen) atoms. The quantitative estimate of drug-likeness (QED) is 0.753. The molecule has 0 unspecified atom stereocenters. The fourth-order valence-corrected chi connectivity index (χ4v) is 1.01. The smallest absolute Gasteiger partial charge is 0.309 e. The number of halogens is 1. The van der Waals surface area contributed by atoms with Crippen LogP contribution in [0.15, 0.2) is 29.3 Å². The first kappa shape index (κ1) is 10.4. The lowest BCUT2D eigenvalue weighted by atomic mass is 10.2. The van der Waals surface area contributed by atoms with E-state index in [9.17, 15) is 9.18 Å². The van der Waals surface area contributed by atoms with Crippen LogP contribution in [0.5, 0.6) is 0 Å². The molecule has 0 aliphatic carbocycles. The average Bonchev–Trinajstić information content (AvgIpc) is 2.07. The summed E-state index contributed by atoms with van der Waals surface area (Å²) in [6.07, 6.45) is -0.172. The Morgan fingerprint density at radius 2 is 2.14 bits per heavy atom. The highest BCUT2D eigenvalue weighted by molar-refractivity contribution is 5.98. The molecule has 0 fully saturated rings. The molecule has 74 valence electrons. The molecule has 1 aromatic rings. The van der Waals surface area contributed by atoms with Crippen LogP contribution in [0, 0.1) is 5.82 Å². The van der Waals surface area contributed by atoms with Crippen molar-refractivity contribution in [1.82, 2.24) is 0 Å². The van der Waals surface area contributed by atoms with Crippen molar-refractivity contribution in [3.63, 3.8) is 0 Å². The Bertz CT molecular complexity index is 374. The molecule has 0 saturated heterocycles. The van der Waals surface area contributed by atoms with Crippen LogP contribution >= 0.6 is 0 Å². The number of benzene rings is 1. The van der Waals surface area contributed by atoms with E-state index in [4.69, 9.17) is 5.11 Å². The van der Waals surface area contributed by atoms with E-state index in [0.29, 0.717) is 5.71 Å². The maximum atomic E-state index is 13.0. The summed E-state index contributed by atoms with van der Waals surface area (Å²) in [4.78, 5) is 14.2. The second kappa shape index (κ2) is 4.50. The number of aliphatic carboxylic acids is 1. The Morgan fingerprint density at radius 1 is 1.50 bits per heavy atom. The standard InChI is InChI=1S/C10H10FNO2/c1-7(6-10(13)14)12-9-5-3-2-4-8(9)11/h2-5H,6H2,1H3,(H,13,14). The van der Waals surface area contributed by atoms with Gasteiger partial charge in [-0.3, -0.25) is 9.79 Å². The average molecular weight is 195 g/mol. The van der Waals surface area contributed by atoms with Gasteiger partial charge in [-0.05, 0) is 19.1 Å². The van der Waals surface area contributed by atoms with Crippen LogP contribution in [0.2, 0.25) is 0 Å². The summed E-state index contributed by atoms with van der Waals surface area (Å²) < 4.78 is 13.0. The second-order valence-corrected chi connectivity index (χ2v) is 2.87. The summed E-state index contributed by atoms with van der Waals surface area (Å²) >= 11 is 0. The summed E-state index contributed by atoms with van der Waals surface area (Å²) in [5, 5.41) is 8.46. The van der Waals surface area contributed by atoms with E-state index in [-0.39, 0.29) is 12.1 Å². The van der Waals surface area contributed by atoms with Gasteiger partial charge in [-0.25, -0.2) is 4.39 Å². The van der Waals surface area contributed by atoms with Crippen molar-refractivity contribution in [1.29, 1.82) is 0 Å². The van der Waals surface area contributed by atoms with E-state index in [1.165, 1.54) is 12.1 Å². The number of rotatable bonds is 3. The van der Waals surface area contributed by atoms with Crippen molar-refractivity contribution < 1.29 is 14.3 Å². The molecule has 1 N–H and O–H groups in total. The molecule has 0 bridgehead atoms. The predicted molar refractivity (Wildman–Crippen MR) is 51.4 cm³/mol. The summed E-state index contributed by atoms with van der Waals surface area (Å²) in [6.45, 7) is 1.56. The Labute approximate surface area is 80.9 Å². The summed E-state index contributed by atoms with van der Waals surface area (Å²) in [7, 11) is 0. The van der Waals surface area contributed by atoms with E-state index < -0.39 is 11.8 Å². The lowest BCUT2D eigenvalue weighted by molar-refractivity contribution is -0.135. The van der Waals surface area contributed by atoms with Crippen LogP contribution in [-0.2, 0) is 4.79 Å².